The Morgan fingerprint density at radius 3 is 2.19 bits per heavy atom. The predicted molar refractivity (Wildman–Crippen MR) is 157 cm³/mol. The van der Waals surface area contributed by atoms with Crippen LogP contribution in [0.3, 0.4) is 0 Å². The number of halogens is 4. The molecule has 0 aliphatic carbocycles. The second-order valence-electron chi connectivity index (χ2n) is 10.8. The van der Waals surface area contributed by atoms with E-state index >= 15 is 0 Å². The van der Waals surface area contributed by atoms with E-state index in [0.29, 0.717) is 22.4 Å². The molecule has 0 N–H and O–H groups in total. The number of nitrogens with zero attached hydrogens (tertiary/aromatic N) is 1. The Balaban J connectivity index is 1.39. The average Bonchev–Trinajstić information content (AvgIpc) is 3.02. The average molecular weight is 574 g/mol. The minimum Gasteiger partial charge on any atom is -0.303 e. The van der Waals surface area contributed by atoms with Crippen LogP contribution in [0.5, 0.6) is 0 Å². The maximum Gasteiger partial charge on any atom is 0.416 e. The molecule has 0 saturated carbocycles. The summed E-state index contributed by atoms with van der Waals surface area (Å²) in [4.78, 5) is 18.2. The van der Waals surface area contributed by atoms with Gasteiger partial charge in [0.25, 0.3) is 0 Å². The number of carbonyl (C=O) groups is 1. The number of terminal acetylenes is 1. The topological polar surface area (TPSA) is 29.5 Å². The summed E-state index contributed by atoms with van der Waals surface area (Å²) in [5.41, 5.74) is 3.44. The molecular weight excluding hydrogens is 542 g/mol. The van der Waals surface area contributed by atoms with Gasteiger partial charge in [-0.25, -0.2) is 9.74 Å². The number of unbranched alkanes of at least 4 members (excludes halogenated alkanes) is 2. The number of alkyl halides is 3. The van der Waals surface area contributed by atoms with Crippen molar-refractivity contribution in [3.8, 4) is 34.6 Å². The molecule has 4 aromatic carbocycles. The van der Waals surface area contributed by atoms with Crippen molar-refractivity contribution < 1.29 is 27.4 Å². The van der Waals surface area contributed by atoms with Gasteiger partial charge in [0.2, 0.25) is 0 Å². The number of fused-ring (bicyclic) bond motifs is 1. The molecule has 0 aromatic heterocycles. The fourth-order valence-corrected chi connectivity index (χ4v) is 5.79. The van der Waals surface area contributed by atoms with Gasteiger partial charge in [0, 0.05) is 10.9 Å². The van der Waals surface area contributed by atoms with Gasteiger partial charge in [-0.05, 0) is 120 Å². The first-order valence-corrected chi connectivity index (χ1v) is 14.1. The Kier molecular flexibility index (Phi) is 8.94. The zero-order valence-electron chi connectivity index (χ0n) is 23.1. The highest BCUT2D eigenvalue weighted by atomic mass is 19.4. The fraction of sp³-hybridized carbons (Fsp3) is 0.286. The molecule has 0 unspecified atom stereocenters. The van der Waals surface area contributed by atoms with Gasteiger partial charge in [0.1, 0.15) is 0 Å². The molecule has 1 fully saturated rings. The maximum atomic E-state index is 13.0. The van der Waals surface area contributed by atoms with Crippen LogP contribution >= 0.6 is 0 Å². The second kappa shape index (κ2) is 12.8. The van der Waals surface area contributed by atoms with Crippen molar-refractivity contribution in [3.05, 3.63) is 95.6 Å². The normalized spacial score (nSPS) is 14.5. The Morgan fingerprint density at radius 2 is 1.55 bits per heavy atom. The van der Waals surface area contributed by atoms with Crippen LogP contribution in [0.25, 0.3) is 33.0 Å². The van der Waals surface area contributed by atoms with Crippen molar-refractivity contribution >= 4 is 16.7 Å². The predicted octanol–water partition coefficient (Wildman–Crippen LogP) is 9.22. The maximum absolute atomic E-state index is 13.0. The van der Waals surface area contributed by atoms with Gasteiger partial charge in [-0.3, -0.25) is 0 Å². The summed E-state index contributed by atoms with van der Waals surface area (Å²) in [7, 11) is 0. The molecule has 0 bridgehead atoms. The molecule has 3 nitrogen and oxygen atoms in total. The van der Waals surface area contributed by atoms with E-state index in [4.69, 9.17) is 6.42 Å². The summed E-state index contributed by atoms with van der Waals surface area (Å²) in [6, 6.07) is 21.8. The lowest BCUT2D eigenvalue weighted by Gasteiger charge is -2.32. The highest BCUT2D eigenvalue weighted by molar-refractivity contribution is 6.04. The van der Waals surface area contributed by atoms with E-state index in [1.165, 1.54) is 23.8 Å². The monoisotopic (exact) mass is 573 g/mol. The van der Waals surface area contributed by atoms with E-state index in [1.807, 2.05) is 24.3 Å². The molecule has 42 heavy (non-hydrogen) atoms. The number of benzene rings is 4. The van der Waals surface area contributed by atoms with E-state index < -0.39 is 17.7 Å². The minimum atomic E-state index is -4.42. The summed E-state index contributed by atoms with van der Waals surface area (Å²) in [5, 5.41) is 1.47. The summed E-state index contributed by atoms with van der Waals surface area (Å²) >= 11 is 0. The van der Waals surface area contributed by atoms with E-state index in [-0.39, 0.29) is 5.56 Å². The molecule has 0 radical (unpaired) electrons. The molecule has 0 atom stereocenters. The third kappa shape index (κ3) is 6.66. The molecule has 4 aromatic rings. The Bertz CT molecular complexity index is 1580. The number of carbonyl (C=O) groups excluding carboxylic acids is 1. The Morgan fingerprint density at radius 1 is 0.881 bits per heavy atom. The van der Waals surface area contributed by atoms with E-state index in [9.17, 15) is 22.5 Å². The highest BCUT2D eigenvalue weighted by Crippen LogP contribution is 2.36. The Labute approximate surface area is 243 Å². The number of likely N-dealkylation sites (tertiary alicyclic amines) is 1. The zero-order chi connectivity index (χ0) is 29.7. The summed E-state index contributed by atoms with van der Waals surface area (Å²) < 4.78 is 52.0. The first-order chi connectivity index (χ1) is 20.3. The minimum absolute atomic E-state index is 0.0447. The quantitative estimate of drug-likeness (QED) is 0.120. The molecular formula is C35H31F4NO2. The first-order valence-electron chi connectivity index (χ1n) is 14.1. The van der Waals surface area contributed by atoms with Gasteiger partial charge < -0.3 is 4.90 Å². The second-order valence-corrected chi connectivity index (χ2v) is 10.8. The number of rotatable bonds is 8. The lowest BCUT2D eigenvalue weighted by atomic mass is 9.87. The van der Waals surface area contributed by atoms with Crippen LogP contribution in [0.1, 0.15) is 59.5 Å². The molecule has 216 valence electrons. The van der Waals surface area contributed by atoms with Crippen LogP contribution < -0.4 is 0 Å². The van der Waals surface area contributed by atoms with Crippen molar-refractivity contribution in [1.29, 1.82) is 0 Å². The molecule has 1 saturated heterocycles. The summed E-state index contributed by atoms with van der Waals surface area (Å²) in [6.45, 7) is 3.20. The summed E-state index contributed by atoms with van der Waals surface area (Å²) in [5.74, 6) is 2.06. The van der Waals surface area contributed by atoms with Crippen LogP contribution in [0, 0.1) is 12.3 Å². The van der Waals surface area contributed by atoms with Gasteiger partial charge in [0.15, 0.2) is 0 Å². The van der Waals surface area contributed by atoms with Crippen molar-refractivity contribution in [2.45, 2.75) is 44.2 Å². The van der Waals surface area contributed by atoms with Crippen LogP contribution in [-0.4, -0.2) is 30.5 Å². The molecule has 5 rings (SSSR count). The molecule has 7 heteroatoms. The van der Waals surface area contributed by atoms with E-state index in [2.05, 4.69) is 27.9 Å². The van der Waals surface area contributed by atoms with Crippen LogP contribution in [-0.2, 0) is 11.1 Å². The Hall–Kier alpha value is -4.15. The van der Waals surface area contributed by atoms with Crippen molar-refractivity contribution in [2.24, 2.45) is 0 Å². The molecule has 0 spiro atoms. The van der Waals surface area contributed by atoms with Gasteiger partial charge in [0.05, 0.1) is 11.1 Å². The van der Waals surface area contributed by atoms with Gasteiger partial charge >= 0.3 is 12.1 Å². The summed E-state index contributed by atoms with van der Waals surface area (Å²) in [6.07, 6.45) is 6.11. The smallest absolute Gasteiger partial charge is 0.303 e. The van der Waals surface area contributed by atoms with Crippen LogP contribution in [0.15, 0.2) is 78.9 Å². The highest BCUT2D eigenvalue weighted by Gasteiger charge is 2.30. The molecule has 1 heterocycles. The molecule has 1 aliphatic heterocycles. The lowest BCUT2D eigenvalue weighted by Crippen LogP contribution is -2.33. The standard InChI is InChI=1S/C35H31F4NO2/c1-2-3-4-5-18-40-19-16-26(17-20-40)24-6-8-27(9-7-24)33-23-30(34(41)42-39)22-29-21-28(12-15-32(29)33)25-10-13-31(14-11-25)35(36,37)38/h1,6-15,21-23,26H,3-5,16-20H2. The molecule has 0 amide bonds. The molecule has 1 aliphatic rings. The SMILES string of the molecule is C#CCCCCN1CCC(c2ccc(-c3cc(C(=O)OF)cc4cc(-c5ccc(C(F)(F)F)cc5)ccc34)cc2)CC1. The van der Waals surface area contributed by atoms with Gasteiger partial charge in [-0.15, -0.1) is 12.3 Å². The zero-order valence-corrected chi connectivity index (χ0v) is 23.1. The van der Waals surface area contributed by atoms with Gasteiger partial charge in [-0.1, -0.05) is 48.5 Å². The third-order valence-corrected chi connectivity index (χ3v) is 8.13. The lowest BCUT2D eigenvalue weighted by molar-refractivity contribution is -0.137. The van der Waals surface area contributed by atoms with E-state index in [0.717, 1.165) is 80.4 Å². The number of piperidine rings is 1. The van der Waals surface area contributed by atoms with Crippen molar-refractivity contribution in [2.75, 3.05) is 19.6 Å². The number of hydrogen-bond acceptors (Lipinski definition) is 3. The van der Waals surface area contributed by atoms with Gasteiger partial charge in [-0.2, -0.15) is 13.2 Å². The van der Waals surface area contributed by atoms with Crippen LogP contribution in [0.2, 0.25) is 0 Å². The first kappa shape index (κ1) is 29.3. The van der Waals surface area contributed by atoms with E-state index in [1.54, 1.807) is 12.1 Å². The number of hydrogen-bond donors (Lipinski definition) is 0. The fourth-order valence-electron chi connectivity index (χ4n) is 5.79. The third-order valence-electron chi connectivity index (χ3n) is 8.13. The largest absolute Gasteiger partial charge is 0.416 e. The van der Waals surface area contributed by atoms with Crippen LogP contribution in [0.4, 0.5) is 17.7 Å². The van der Waals surface area contributed by atoms with Crippen molar-refractivity contribution in [1.82, 2.24) is 4.90 Å². The van der Waals surface area contributed by atoms with Crippen molar-refractivity contribution in [3.63, 3.8) is 0 Å².